The number of benzene rings is 1. The minimum absolute atomic E-state index is 0.0663. The fourth-order valence-corrected chi connectivity index (χ4v) is 2.22. The minimum Gasteiger partial charge on any atom is -0.481 e. The maximum atomic E-state index is 12.2. The summed E-state index contributed by atoms with van der Waals surface area (Å²) in [5.41, 5.74) is 1.74. The molecule has 0 saturated heterocycles. The summed E-state index contributed by atoms with van der Waals surface area (Å²) in [5, 5.41) is 11.6. The van der Waals surface area contributed by atoms with E-state index in [-0.39, 0.29) is 18.2 Å². The van der Waals surface area contributed by atoms with Crippen molar-refractivity contribution >= 4 is 17.6 Å². The summed E-state index contributed by atoms with van der Waals surface area (Å²) in [5.74, 6) is -0.657. The van der Waals surface area contributed by atoms with Gasteiger partial charge in [-0.05, 0) is 37.0 Å². The van der Waals surface area contributed by atoms with E-state index in [1.54, 1.807) is 0 Å². The van der Waals surface area contributed by atoms with Gasteiger partial charge in [-0.3, -0.25) is 9.59 Å². The third kappa shape index (κ3) is 6.43. The lowest BCUT2D eigenvalue weighted by Gasteiger charge is -2.14. The molecule has 0 aliphatic heterocycles. The Hall–Kier alpha value is -1.84. The van der Waals surface area contributed by atoms with E-state index < -0.39 is 5.97 Å². The number of aliphatic carboxylic acids is 1. The zero-order valence-electron chi connectivity index (χ0n) is 12.9. The van der Waals surface area contributed by atoms with Gasteiger partial charge in [0.15, 0.2) is 0 Å². The number of carboxylic acids is 1. The molecule has 0 fully saturated rings. The molecule has 0 radical (unpaired) electrons. The summed E-state index contributed by atoms with van der Waals surface area (Å²) >= 11 is 0. The van der Waals surface area contributed by atoms with E-state index in [9.17, 15) is 9.59 Å². The predicted molar refractivity (Wildman–Crippen MR) is 84.3 cm³/mol. The molecule has 4 heteroatoms. The molecule has 4 nitrogen and oxygen atoms in total. The third-order valence-electron chi connectivity index (χ3n) is 3.62. The first-order chi connectivity index (χ1) is 10.1. The van der Waals surface area contributed by atoms with Crippen LogP contribution in [0.15, 0.2) is 24.3 Å². The monoisotopic (exact) mass is 291 g/mol. The molecule has 1 atom stereocenters. The van der Waals surface area contributed by atoms with Gasteiger partial charge in [0.05, 0.1) is 0 Å². The van der Waals surface area contributed by atoms with Crippen molar-refractivity contribution in [3.63, 3.8) is 0 Å². The maximum absolute atomic E-state index is 12.2. The molecule has 1 amide bonds. The average molecular weight is 291 g/mol. The molecule has 21 heavy (non-hydrogen) atoms. The second-order valence-electron chi connectivity index (χ2n) is 5.33. The lowest BCUT2D eigenvalue weighted by Crippen LogP contribution is -2.22. The van der Waals surface area contributed by atoms with Crippen LogP contribution in [0.1, 0.15) is 51.5 Å². The van der Waals surface area contributed by atoms with E-state index >= 15 is 0 Å². The van der Waals surface area contributed by atoms with Crippen LogP contribution in [0.2, 0.25) is 0 Å². The summed E-state index contributed by atoms with van der Waals surface area (Å²) in [6.07, 6.45) is 4.58. The summed E-state index contributed by atoms with van der Waals surface area (Å²) in [6, 6.07) is 7.40. The van der Waals surface area contributed by atoms with E-state index in [0.717, 1.165) is 36.9 Å². The Bertz CT molecular complexity index is 454. The Balaban J connectivity index is 2.53. The Labute approximate surface area is 126 Å². The van der Waals surface area contributed by atoms with Crippen LogP contribution in [0, 0.1) is 5.92 Å². The number of carbonyl (C=O) groups excluding carboxylic acids is 1. The Morgan fingerprint density at radius 3 is 2.38 bits per heavy atom. The van der Waals surface area contributed by atoms with Gasteiger partial charge in [-0.2, -0.15) is 0 Å². The smallest absolute Gasteiger partial charge is 0.303 e. The predicted octanol–water partition coefficient (Wildman–Crippen LogP) is 3.86. The van der Waals surface area contributed by atoms with Crippen LogP contribution in [0.4, 0.5) is 5.69 Å². The van der Waals surface area contributed by atoms with Crippen molar-refractivity contribution in [1.82, 2.24) is 0 Å². The third-order valence-corrected chi connectivity index (χ3v) is 3.62. The van der Waals surface area contributed by atoms with E-state index in [0.29, 0.717) is 6.42 Å². The highest BCUT2D eigenvalue weighted by Gasteiger charge is 2.15. The number of hydrogen-bond donors (Lipinski definition) is 2. The number of hydrogen-bond acceptors (Lipinski definition) is 2. The van der Waals surface area contributed by atoms with Gasteiger partial charge in [0.1, 0.15) is 0 Å². The molecule has 0 aliphatic carbocycles. The van der Waals surface area contributed by atoms with Crippen molar-refractivity contribution in [2.24, 2.45) is 5.92 Å². The SMILES string of the molecule is CCCCC(CC)C(=O)Nc1ccc(CCC(=O)O)cc1. The van der Waals surface area contributed by atoms with Crippen LogP contribution in [0.3, 0.4) is 0 Å². The molecular weight excluding hydrogens is 266 g/mol. The number of carbonyl (C=O) groups is 2. The highest BCUT2D eigenvalue weighted by atomic mass is 16.4. The van der Waals surface area contributed by atoms with Crippen LogP contribution in [-0.2, 0) is 16.0 Å². The molecule has 0 bridgehead atoms. The quantitative estimate of drug-likeness (QED) is 0.726. The van der Waals surface area contributed by atoms with E-state index in [2.05, 4.69) is 12.2 Å². The normalized spacial score (nSPS) is 11.9. The average Bonchev–Trinajstić information content (AvgIpc) is 2.47. The van der Waals surface area contributed by atoms with Crippen LogP contribution in [-0.4, -0.2) is 17.0 Å². The molecule has 0 saturated carbocycles. The summed E-state index contributed by atoms with van der Waals surface area (Å²) in [6.45, 7) is 4.16. The zero-order chi connectivity index (χ0) is 15.7. The lowest BCUT2D eigenvalue weighted by atomic mass is 9.98. The topological polar surface area (TPSA) is 66.4 Å². The van der Waals surface area contributed by atoms with Crippen LogP contribution in [0.5, 0.6) is 0 Å². The molecular formula is C17H25NO3. The van der Waals surface area contributed by atoms with Crippen LogP contribution < -0.4 is 5.32 Å². The number of amides is 1. The number of aryl methyl sites for hydroxylation is 1. The second kappa shape index (κ2) is 9.16. The fraction of sp³-hybridized carbons (Fsp3) is 0.529. The Morgan fingerprint density at radius 2 is 1.86 bits per heavy atom. The van der Waals surface area contributed by atoms with Gasteiger partial charge < -0.3 is 10.4 Å². The first-order valence-corrected chi connectivity index (χ1v) is 7.68. The Morgan fingerprint density at radius 1 is 1.19 bits per heavy atom. The second-order valence-corrected chi connectivity index (χ2v) is 5.33. The molecule has 116 valence electrons. The molecule has 0 heterocycles. The molecule has 0 aliphatic rings. The summed E-state index contributed by atoms with van der Waals surface area (Å²) in [7, 11) is 0. The van der Waals surface area contributed by atoms with E-state index in [1.807, 2.05) is 31.2 Å². The first-order valence-electron chi connectivity index (χ1n) is 7.68. The number of rotatable bonds is 9. The van der Waals surface area contributed by atoms with Gasteiger partial charge in [-0.1, -0.05) is 38.8 Å². The highest BCUT2D eigenvalue weighted by Crippen LogP contribution is 2.17. The van der Waals surface area contributed by atoms with E-state index in [4.69, 9.17) is 5.11 Å². The van der Waals surface area contributed by atoms with Gasteiger partial charge in [-0.15, -0.1) is 0 Å². The van der Waals surface area contributed by atoms with Crippen molar-refractivity contribution in [2.45, 2.75) is 52.4 Å². The number of anilines is 1. The van der Waals surface area contributed by atoms with Gasteiger partial charge in [0.2, 0.25) is 5.91 Å². The highest BCUT2D eigenvalue weighted by molar-refractivity contribution is 5.92. The lowest BCUT2D eigenvalue weighted by molar-refractivity contribution is -0.137. The molecule has 1 aromatic carbocycles. The maximum Gasteiger partial charge on any atom is 0.303 e. The number of unbranched alkanes of at least 4 members (excludes halogenated alkanes) is 1. The van der Waals surface area contributed by atoms with Crippen LogP contribution in [0.25, 0.3) is 0 Å². The molecule has 0 aromatic heterocycles. The zero-order valence-corrected chi connectivity index (χ0v) is 12.9. The molecule has 1 aromatic rings. The van der Waals surface area contributed by atoms with Crippen molar-refractivity contribution in [1.29, 1.82) is 0 Å². The van der Waals surface area contributed by atoms with Gasteiger partial charge in [0, 0.05) is 18.0 Å². The van der Waals surface area contributed by atoms with Gasteiger partial charge in [0.25, 0.3) is 0 Å². The largest absolute Gasteiger partial charge is 0.481 e. The van der Waals surface area contributed by atoms with Crippen LogP contribution >= 0.6 is 0 Å². The summed E-state index contributed by atoms with van der Waals surface area (Å²) in [4.78, 5) is 22.7. The van der Waals surface area contributed by atoms with Crippen molar-refractivity contribution in [3.05, 3.63) is 29.8 Å². The number of carboxylic acid groups (broad SMARTS) is 1. The Kier molecular flexibility index (Phi) is 7.51. The standard InChI is InChI=1S/C17H25NO3/c1-3-5-6-14(4-2)17(21)18-15-10-7-13(8-11-15)9-12-16(19)20/h7-8,10-11,14H,3-6,9,12H2,1-2H3,(H,18,21)(H,19,20). The molecule has 1 unspecified atom stereocenters. The molecule has 2 N–H and O–H groups in total. The van der Waals surface area contributed by atoms with Crippen molar-refractivity contribution in [3.8, 4) is 0 Å². The molecule has 0 spiro atoms. The van der Waals surface area contributed by atoms with Crippen molar-refractivity contribution < 1.29 is 14.7 Å². The minimum atomic E-state index is -0.797. The fourth-order valence-electron chi connectivity index (χ4n) is 2.22. The first kappa shape index (κ1) is 17.2. The molecule has 1 rings (SSSR count). The number of nitrogens with one attached hydrogen (secondary N) is 1. The van der Waals surface area contributed by atoms with Gasteiger partial charge >= 0.3 is 5.97 Å². The van der Waals surface area contributed by atoms with E-state index in [1.165, 1.54) is 0 Å². The van der Waals surface area contributed by atoms with Crippen molar-refractivity contribution in [2.75, 3.05) is 5.32 Å². The summed E-state index contributed by atoms with van der Waals surface area (Å²) < 4.78 is 0. The van der Waals surface area contributed by atoms with Gasteiger partial charge in [-0.25, -0.2) is 0 Å².